The summed E-state index contributed by atoms with van der Waals surface area (Å²) >= 11 is 0. The van der Waals surface area contributed by atoms with Crippen LogP contribution in [0.5, 0.6) is 0 Å². The van der Waals surface area contributed by atoms with Gasteiger partial charge in [-0.3, -0.25) is 4.90 Å². The highest BCUT2D eigenvalue weighted by Gasteiger charge is 2.39. The van der Waals surface area contributed by atoms with Gasteiger partial charge in [0.15, 0.2) is 0 Å². The summed E-state index contributed by atoms with van der Waals surface area (Å²) in [5.74, 6) is 0.712. The normalized spacial score (nSPS) is 28.0. The third-order valence-corrected chi connectivity index (χ3v) is 3.63. The Kier molecular flexibility index (Phi) is 3.83. The number of aliphatic hydroxyl groups excluding tert-OH is 1. The van der Waals surface area contributed by atoms with E-state index in [1.807, 2.05) is 0 Å². The van der Waals surface area contributed by atoms with E-state index in [2.05, 4.69) is 39.5 Å². The summed E-state index contributed by atoms with van der Waals surface area (Å²) in [5, 5.41) is 9.00. The van der Waals surface area contributed by atoms with Gasteiger partial charge in [0.25, 0.3) is 0 Å². The third kappa shape index (κ3) is 3.18. The van der Waals surface area contributed by atoms with Crippen LogP contribution in [0.3, 0.4) is 0 Å². The number of rotatable bonds is 2. The minimum atomic E-state index is 0.258. The van der Waals surface area contributed by atoms with Crippen molar-refractivity contribution in [1.29, 1.82) is 0 Å². The lowest BCUT2D eigenvalue weighted by Crippen LogP contribution is -2.58. The van der Waals surface area contributed by atoms with Crippen LogP contribution in [0.15, 0.2) is 0 Å². The predicted molar refractivity (Wildman–Crippen MR) is 65.0 cm³/mol. The van der Waals surface area contributed by atoms with Crippen LogP contribution >= 0.6 is 0 Å². The highest BCUT2D eigenvalue weighted by Crippen LogP contribution is 2.37. The summed E-state index contributed by atoms with van der Waals surface area (Å²) in [7, 11) is 0. The average Bonchev–Trinajstić information content (AvgIpc) is 1.99. The van der Waals surface area contributed by atoms with Gasteiger partial charge in [0.1, 0.15) is 0 Å². The highest BCUT2D eigenvalue weighted by molar-refractivity contribution is 4.95. The van der Waals surface area contributed by atoms with E-state index in [0.717, 1.165) is 6.42 Å². The molecule has 1 unspecified atom stereocenters. The Morgan fingerprint density at radius 1 is 1.33 bits per heavy atom. The average molecular weight is 213 g/mol. The SMILES string of the molecule is CC(C)(C)N1CCC(CCO)CC1(C)C. The van der Waals surface area contributed by atoms with Crippen molar-refractivity contribution in [2.45, 2.75) is 65.0 Å². The molecule has 90 valence electrons. The van der Waals surface area contributed by atoms with Crippen molar-refractivity contribution in [3.63, 3.8) is 0 Å². The van der Waals surface area contributed by atoms with E-state index in [0.29, 0.717) is 12.5 Å². The van der Waals surface area contributed by atoms with Gasteiger partial charge in [-0.1, -0.05) is 0 Å². The monoisotopic (exact) mass is 213 g/mol. The second-order valence-electron chi connectivity index (χ2n) is 6.51. The van der Waals surface area contributed by atoms with Crippen molar-refractivity contribution in [3.8, 4) is 0 Å². The van der Waals surface area contributed by atoms with Crippen LogP contribution < -0.4 is 0 Å². The molecule has 0 bridgehead atoms. The second kappa shape index (κ2) is 4.42. The van der Waals surface area contributed by atoms with Crippen molar-refractivity contribution in [3.05, 3.63) is 0 Å². The first kappa shape index (κ1) is 13.0. The summed E-state index contributed by atoms with van der Waals surface area (Å²) in [6.07, 6.45) is 3.42. The van der Waals surface area contributed by atoms with Crippen molar-refractivity contribution in [2.24, 2.45) is 5.92 Å². The number of aliphatic hydroxyl groups is 1. The van der Waals surface area contributed by atoms with Gasteiger partial charge < -0.3 is 5.11 Å². The van der Waals surface area contributed by atoms with E-state index >= 15 is 0 Å². The van der Waals surface area contributed by atoms with Crippen molar-refractivity contribution < 1.29 is 5.11 Å². The number of nitrogens with zero attached hydrogens (tertiary/aromatic N) is 1. The Bertz CT molecular complexity index is 205. The van der Waals surface area contributed by atoms with E-state index in [1.54, 1.807) is 0 Å². The smallest absolute Gasteiger partial charge is 0.0433 e. The first-order valence-electron chi connectivity index (χ1n) is 6.16. The van der Waals surface area contributed by atoms with Gasteiger partial charge in [0.2, 0.25) is 0 Å². The summed E-state index contributed by atoms with van der Waals surface area (Å²) in [4.78, 5) is 2.61. The maximum atomic E-state index is 9.00. The van der Waals surface area contributed by atoms with Gasteiger partial charge in [-0.25, -0.2) is 0 Å². The van der Waals surface area contributed by atoms with Crippen molar-refractivity contribution in [1.82, 2.24) is 4.90 Å². The summed E-state index contributed by atoms with van der Waals surface area (Å²) < 4.78 is 0. The fourth-order valence-electron chi connectivity index (χ4n) is 3.21. The molecule has 1 N–H and O–H groups in total. The maximum absolute atomic E-state index is 9.00. The molecule has 1 aliphatic heterocycles. The molecule has 1 fully saturated rings. The Morgan fingerprint density at radius 2 is 1.93 bits per heavy atom. The molecule has 1 atom stereocenters. The van der Waals surface area contributed by atoms with Gasteiger partial charge in [-0.2, -0.15) is 0 Å². The Hall–Kier alpha value is -0.0800. The molecule has 0 aliphatic carbocycles. The summed E-state index contributed by atoms with van der Waals surface area (Å²) in [6.45, 7) is 13.1. The minimum Gasteiger partial charge on any atom is -0.396 e. The first-order chi connectivity index (χ1) is 6.77. The highest BCUT2D eigenvalue weighted by atomic mass is 16.3. The second-order valence-corrected chi connectivity index (χ2v) is 6.51. The van der Waals surface area contributed by atoms with Crippen LogP contribution in [-0.2, 0) is 0 Å². The number of likely N-dealkylation sites (tertiary alicyclic amines) is 1. The van der Waals surface area contributed by atoms with Crippen LogP contribution in [0.4, 0.5) is 0 Å². The molecule has 0 radical (unpaired) electrons. The molecule has 0 aromatic heterocycles. The van der Waals surface area contributed by atoms with E-state index in [4.69, 9.17) is 5.11 Å². The topological polar surface area (TPSA) is 23.5 Å². The fourth-order valence-corrected chi connectivity index (χ4v) is 3.21. The van der Waals surface area contributed by atoms with Gasteiger partial charge in [0, 0.05) is 17.7 Å². The molecule has 15 heavy (non-hydrogen) atoms. The number of hydrogen-bond acceptors (Lipinski definition) is 2. The van der Waals surface area contributed by atoms with Crippen molar-refractivity contribution >= 4 is 0 Å². The van der Waals surface area contributed by atoms with E-state index < -0.39 is 0 Å². The quantitative estimate of drug-likeness (QED) is 0.762. The zero-order valence-electron chi connectivity index (χ0n) is 11.0. The zero-order chi connectivity index (χ0) is 11.7. The summed E-state index contributed by atoms with van der Waals surface area (Å²) in [5.41, 5.74) is 0.532. The first-order valence-corrected chi connectivity index (χ1v) is 6.16. The zero-order valence-corrected chi connectivity index (χ0v) is 11.0. The van der Waals surface area contributed by atoms with Gasteiger partial charge in [-0.05, 0) is 66.3 Å². The molecule has 0 amide bonds. The molecule has 1 rings (SSSR count). The molecule has 2 heteroatoms. The fraction of sp³-hybridized carbons (Fsp3) is 1.00. The lowest BCUT2D eigenvalue weighted by Gasteiger charge is -2.52. The molecule has 0 aromatic carbocycles. The number of piperidine rings is 1. The molecule has 0 saturated carbocycles. The van der Waals surface area contributed by atoms with E-state index in [-0.39, 0.29) is 11.1 Å². The van der Waals surface area contributed by atoms with Crippen LogP contribution in [0, 0.1) is 5.92 Å². The molecule has 0 spiro atoms. The molecular weight excluding hydrogens is 186 g/mol. The van der Waals surface area contributed by atoms with Crippen LogP contribution in [0.25, 0.3) is 0 Å². The summed E-state index contributed by atoms with van der Waals surface area (Å²) in [6, 6.07) is 0. The van der Waals surface area contributed by atoms with E-state index in [1.165, 1.54) is 19.4 Å². The minimum absolute atomic E-state index is 0.258. The van der Waals surface area contributed by atoms with Gasteiger partial charge in [-0.15, -0.1) is 0 Å². The molecule has 0 aromatic rings. The Labute approximate surface area is 94.7 Å². The van der Waals surface area contributed by atoms with Crippen LogP contribution in [0.1, 0.15) is 53.9 Å². The van der Waals surface area contributed by atoms with Crippen molar-refractivity contribution in [2.75, 3.05) is 13.2 Å². The van der Waals surface area contributed by atoms with Gasteiger partial charge in [0.05, 0.1) is 0 Å². The third-order valence-electron chi connectivity index (χ3n) is 3.63. The molecule has 1 heterocycles. The lowest BCUT2D eigenvalue weighted by molar-refractivity contribution is -0.0261. The Morgan fingerprint density at radius 3 is 2.33 bits per heavy atom. The maximum Gasteiger partial charge on any atom is 0.0433 e. The Balaban J connectivity index is 2.66. The van der Waals surface area contributed by atoms with E-state index in [9.17, 15) is 0 Å². The largest absolute Gasteiger partial charge is 0.396 e. The lowest BCUT2D eigenvalue weighted by atomic mass is 9.78. The molecular formula is C13H27NO. The number of hydrogen-bond donors (Lipinski definition) is 1. The molecule has 1 saturated heterocycles. The van der Waals surface area contributed by atoms with Gasteiger partial charge >= 0.3 is 0 Å². The van der Waals surface area contributed by atoms with Crippen LogP contribution in [-0.4, -0.2) is 34.2 Å². The van der Waals surface area contributed by atoms with Crippen LogP contribution in [0.2, 0.25) is 0 Å². The standard InChI is InChI=1S/C13H27NO/c1-12(2,3)14-8-6-11(7-9-15)10-13(14,4)5/h11,15H,6-10H2,1-5H3. The predicted octanol–water partition coefficient (Wildman–Crippen LogP) is 2.66. The molecule has 1 aliphatic rings. The molecule has 2 nitrogen and oxygen atoms in total.